The van der Waals surface area contributed by atoms with Gasteiger partial charge in [0.15, 0.2) is 0 Å². The van der Waals surface area contributed by atoms with Crippen molar-refractivity contribution in [3.63, 3.8) is 0 Å². The van der Waals surface area contributed by atoms with Crippen LogP contribution in [0.1, 0.15) is 70.3 Å². The fourth-order valence-corrected chi connectivity index (χ4v) is 5.56. The maximum Gasteiger partial charge on any atom is 0.335 e. The Balaban J connectivity index is 1.32. The van der Waals surface area contributed by atoms with Crippen molar-refractivity contribution in [2.24, 2.45) is 5.16 Å². The molecule has 5 rings (SSSR count). The highest BCUT2D eigenvalue weighted by molar-refractivity contribution is 5.95. The predicted octanol–water partition coefficient (Wildman–Crippen LogP) is 7.49. The zero-order chi connectivity index (χ0) is 29.2. The van der Waals surface area contributed by atoms with Gasteiger partial charge in [-0.05, 0) is 64.5 Å². The number of rotatable bonds is 11. The van der Waals surface area contributed by atoms with Crippen LogP contribution >= 0.6 is 0 Å². The molecule has 1 aliphatic rings. The summed E-state index contributed by atoms with van der Waals surface area (Å²) in [6, 6.07) is 34.2. The summed E-state index contributed by atoms with van der Waals surface area (Å²) in [5.74, 6) is -0.430. The molecule has 0 radical (unpaired) electrons. The van der Waals surface area contributed by atoms with E-state index in [0.29, 0.717) is 25.5 Å². The Morgan fingerprint density at radius 2 is 1.24 bits per heavy atom. The summed E-state index contributed by atoms with van der Waals surface area (Å²) in [6.07, 6.45) is 4.91. The van der Waals surface area contributed by atoms with Crippen molar-refractivity contribution in [2.75, 3.05) is 0 Å². The van der Waals surface area contributed by atoms with E-state index in [1.165, 1.54) is 0 Å². The molecule has 6 nitrogen and oxygen atoms in total. The number of carboxylic acid groups (broad SMARTS) is 1. The van der Waals surface area contributed by atoms with Crippen LogP contribution in [0.15, 0.2) is 114 Å². The van der Waals surface area contributed by atoms with E-state index in [1.807, 2.05) is 97.1 Å². The lowest BCUT2D eigenvalue weighted by Gasteiger charge is -2.36. The van der Waals surface area contributed by atoms with Gasteiger partial charge < -0.3 is 14.7 Å². The predicted molar refractivity (Wildman–Crippen MR) is 162 cm³/mol. The van der Waals surface area contributed by atoms with Gasteiger partial charge in [0.25, 0.3) is 5.90 Å². The minimum absolute atomic E-state index is 0.165. The number of ketones is 1. The van der Waals surface area contributed by atoms with Crippen molar-refractivity contribution in [3.05, 3.63) is 143 Å². The monoisotopic (exact) mass is 561 g/mol. The van der Waals surface area contributed by atoms with E-state index in [-0.39, 0.29) is 11.3 Å². The highest BCUT2D eigenvalue weighted by Crippen LogP contribution is 2.41. The van der Waals surface area contributed by atoms with Gasteiger partial charge in [-0.15, -0.1) is 0 Å². The Morgan fingerprint density at radius 1 is 0.667 bits per heavy atom. The Kier molecular flexibility index (Phi) is 9.44. The first kappa shape index (κ1) is 28.8. The number of oxime groups is 1. The molecule has 4 aromatic carbocycles. The van der Waals surface area contributed by atoms with Gasteiger partial charge in [0.1, 0.15) is 19.0 Å². The van der Waals surface area contributed by atoms with Gasteiger partial charge in [-0.2, -0.15) is 0 Å². The molecule has 0 unspecified atom stereocenters. The van der Waals surface area contributed by atoms with E-state index in [0.717, 1.165) is 59.9 Å². The lowest BCUT2D eigenvalue weighted by atomic mass is 9.65. The third kappa shape index (κ3) is 7.13. The summed E-state index contributed by atoms with van der Waals surface area (Å²) in [6.45, 7) is 0.666. The van der Waals surface area contributed by atoms with Crippen LogP contribution in [0.3, 0.4) is 0 Å². The van der Waals surface area contributed by atoms with Crippen LogP contribution in [0.25, 0.3) is 0 Å². The SMILES string of the molecule is O=C(O)c1ccc(C2(C(=O)Cc3ccc(/C(=N/OCc4ccccc4)OCc4ccccc4)cc3)CCCCC2)cc1. The standard InChI is InChI=1S/C36H35NO5/c38-33(36(22-8-3-9-23-36)32-20-18-31(19-21-32)35(39)40)24-27-14-16-30(17-15-27)34(41-25-28-10-4-1-5-11-28)37-42-26-29-12-6-2-7-13-29/h1-2,4-7,10-21H,3,8-9,22-26H2,(H,39,40)/b37-34-. The fraction of sp³-hybridized carbons (Fsp3) is 0.250. The lowest BCUT2D eigenvalue weighted by molar-refractivity contribution is -0.125. The Labute approximate surface area is 246 Å². The van der Waals surface area contributed by atoms with Gasteiger partial charge >= 0.3 is 5.97 Å². The molecular weight excluding hydrogens is 526 g/mol. The van der Waals surface area contributed by atoms with Gasteiger partial charge in [0.05, 0.1) is 11.0 Å². The first-order valence-corrected chi connectivity index (χ1v) is 14.4. The smallest absolute Gasteiger partial charge is 0.335 e. The molecule has 0 spiro atoms. The summed E-state index contributed by atoms with van der Waals surface area (Å²) in [5.41, 5.74) is 4.23. The lowest BCUT2D eigenvalue weighted by Crippen LogP contribution is -2.39. The van der Waals surface area contributed by atoms with Gasteiger partial charge in [-0.3, -0.25) is 4.79 Å². The molecule has 0 heterocycles. The molecule has 6 heteroatoms. The fourth-order valence-electron chi connectivity index (χ4n) is 5.56. The largest absolute Gasteiger partial charge is 0.478 e. The Hall–Kier alpha value is -4.71. The number of aromatic carboxylic acids is 1. The van der Waals surface area contributed by atoms with Gasteiger partial charge in [-0.25, -0.2) is 4.79 Å². The first-order valence-electron chi connectivity index (χ1n) is 14.4. The van der Waals surface area contributed by atoms with E-state index >= 15 is 0 Å². The molecule has 0 saturated heterocycles. The second kappa shape index (κ2) is 13.8. The Bertz CT molecular complexity index is 1490. The van der Waals surface area contributed by atoms with Gasteiger partial charge in [0.2, 0.25) is 0 Å². The molecule has 0 atom stereocenters. The number of carboxylic acids is 1. The summed E-state index contributed by atoms with van der Waals surface area (Å²) in [7, 11) is 0. The van der Waals surface area contributed by atoms with Gasteiger partial charge in [-0.1, -0.05) is 104 Å². The van der Waals surface area contributed by atoms with Crippen LogP contribution in [-0.4, -0.2) is 22.8 Å². The van der Waals surface area contributed by atoms with Crippen LogP contribution in [0.4, 0.5) is 0 Å². The number of nitrogens with zero attached hydrogens (tertiary/aromatic N) is 1. The molecule has 0 amide bonds. The summed E-state index contributed by atoms with van der Waals surface area (Å²) >= 11 is 0. The third-order valence-electron chi connectivity index (χ3n) is 7.93. The van der Waals surface area contributed by atoms with E-state index in [4.69, 9.17) is 9.57 Å². The first-order chi connectivity index (χ1) is 20.5. The molecule has 1 fully saturated rings. The highest BCUT2D eigenvalue weighted by atomic mass is 16.6. The second-order valence-electron chi connectivity index (χ2n) is 10.8. The van der Waals surface area contributed by atoms with Crippen LogP contribution in [0.2, 0.25) is 0 Å². The average molecular weight is 562 g/mol. The van der Waals surface area contributed by atoms with Crippen molar-refractivity contribution in [1.82, 2.24) is 0 Å². The van der Waals surface area contributed by atoms with E-state index in [2.05, 4.69) is 5.16 Å². The molecule has 0 aliphatic heterocycles. The van der Waals surface area contributed by atoms with Gasteiger partial charge in [0, 0.05) is 12.0 Å². The maximum atomic E-state index is 13.9. The minimum Gasteiger partial charge on any atom is -0.478 e. The molecule has 1 aliphatic carbocycles. The highest BCUT2D eigenvalue weighted by Gasteiger charge is 2.40. The number of ether oxygens (including phenoxy) is 1. The van der Waals surface area contributed by atoms with Crippen LogP contribution in [-0.2, 0) is 39.4 Å². The maximum absolute atomic E-state index is 13.9. The minimum atomic E-state index is -0.966. The van der Waals surface area contributed by atoms with Crippen LogP contribution in [0.5, 0.6) is 0 Å². The van der Waals surface area contributed by atoms with E-state index in [1.54, 1.807) is 12.1 Å². The molecule has 42 heavy (non-hydrogen) atoms. The molecule has 1 N–H and O–H groups in total. The van der Waals surface area contributed by atoms with Crippen molar-refractivity contribution >= 4 is 17.7 Å². The van der Waals surface area contributed by atoms with Crippen molar-refractivity contribution in [2.45, 2.75) is 57.2 Å². The summed E-state index contributed by atoms with van der Waals surface area (Å²) in [5, 5.41) is 13.6. The number of hydrogen-bond donors (Lipinski definition) is 1. The van der Waals surface area contributed by atoms with E-state index in [9.17, 15) is 14.7 Å². The number of benzene rings is 4. The van der Waals surface area contributed by atoms with Crippen LogP contribution < -0.4 is 0 Å². The van der Waals surface area contributed by atoms with Crippen LogP contribution in [0, 0.1) is 0 Å². The normalized spacial score (nSPS) is 14.6. The van der Waals surface area contributed by atoms with Crippen molar-refractivity contribution in [3.8, 4) is 0 Å². The Morgan fingerprint density at radius 3 is 1.83 bits per heavy atom. The summed E-state index contributed by atoms with van der Waals surface area (Å²) in [4.78, 5) is 30.9. The average Bonchev–Trinajstić information content (AvgIpc) is 3.04. The number of carbonyl (C=O) groups is 2. The molecular formula is C36H35NO5. The molecule has 0 aromatic heterocycles. The molecule has 1 saturated carbocycles. The van der Waals surface area contributed by atoms with E-state index < -0.39 is 11.4 Å². The molecule has 0 bridgehead atoms. The zero-order valence-corrected chi connectivity index (χ0v) is 23.6. The molecule has 214 valence electrons. The number of carbonyl (C=O) groups excluding carboxylic acids is 1. The number of Topliss-reactive ketones (excluding diaryl/α,β-unsaturated/α-hetero) is 1. The topological polar surface area (TPSA) is 85.2 Å². The second-order valence-corrected chi connectivity index (χ2v) is 10.8. The third-order valence-corrected chi connectivity index (χ3v) is 7.93. The van der Waals surface area contributed by atoms with Crippen molar-refractivity contribution < 1.29 is 24.3 Å². The zero-order valence-electron chi connectivity index (χ0n) is 23.6. The number of hydrogen-bond acceptors (Lipinski definition) is 5. The molecule has 4 aromatic rings. The summed E-state index contributed by atoms with van der Waals surface area (Å²) < 4.78 is 6.08. The quantitative estimate of drug-likeness (QED) is 0.116. The van der Waals surface area contributed by atoms with Crippen molar-refractivity contribution in [1.29, 1.82) is 0 Å².